The Bertz CT molecular complexity index is 339. The number of rotatable bonds is 12. The number of hydrogen-bond donors (Lipinski definition) is 0. The highest BCUT2D eigenvalue weighted by molar-refractivity contribution is 7.78. The lowest BCUT2D eigenvalue weighted by Gasteiger charge is -2.41. The van der Waals surface area contributed by atoms with Crippen LogP contribution < -0.4 is 0 Å². The summed E-state index contributed by atoms with van der Waals surface area (Å²) < 4.78 is 0.973. The molecule has 0 aromatic heterocycles. The van der Waals surface area contributed by atoms with Crippen LogP contribution in [0.1, 0.15) is 78.6 Å². The molecular weight excluding hydrogens is 312 g/mol. The third kappa shape index (κ3) is 7.93. The van der Waals surface area contributed by atoms with Gasteiger partial charge in [-0.1, -0.05) is 59.3 Å². The van der Waals surface area contributed by atoms with E-state index >= 15 is 0 Å². The van der Waals surface area contributed by atoms with E-state index in [4.69, 9.17) is 12.2 Å². The van der Waals surface area contributed by atoms with Crippen LogP contribution in [-0.2, 0) is 0 Å². The predicted molar refractivity (Wildman–Crippen MR) is 112 cm³/mol. The maximum absolute atomic E-state index is 5.55. The summed E-state index contributed by atoms with van der Waals surface area (Å²) in [6.07, 6.45) is 12.4. The predicted octanol–water partition coefficient (Wildman–Crippen LogP) is 5.51. The van der Waals surface area contributed by atoms with Crippen LogP contribution in [0.5, 0.6) is 0 Å². The van der Waals surface area contributed by atoms with Crippen molar-refractivity contribution in [1.82, 2.24) is 4.90 Å². The zero-order valence-corrected chi connectivity index (χ0v) is 17.9. The van der Waals surface area contributed by atoms with Crippen LogP contribution >= 0.6 is 12.2 Å². The molecule has 0 aromatic rings. The van der Waals surface area contributed by atoms with Gasteiger partial charge in [0.05, 0.1) is 20.1 Å². The Labute approximate surface area is 157 Å². The molecule has 1 rings (SSSR count). The number of likely N-dealkylation sites (N-methyl/N-ethyl adjacent to an activating group) is 2. The molecular formula is C21H43N2S+. The van der Waals surface area contributed by atoms with Gasteiger partial charge in [0.15, 0.2) is 5.49 Å². The number of hydrogen-bond acceptors (Lipinski definition) is 2. The molecule has 0 heterocycles. The molecule has 0 N–H and O–H groups in total. The van der Waals surface area contributed by atoms with Crippen molar-refractivity contribution in [2.45, 2.75) is 84.6 Å². The second-order valence-corrected chi connectivity index (χ2v) is 9.08. The van der Waals surface area contributed by atoms with Gasteiger partial charge in [0.2, 0.25) is 0 Å². The van der Waals surface area contributed by atoms with Gasteiger partial charge in [-0.3, -0.25) is 4.48 Å². The number of thiocarbonyl (C=S) groups is 1. The molecule has 1 aliphatic rings. The second kappa shape index (κ2) is 11.6. The lowest BCUT2D eigenvalue weighted by molar-refractivity contribution is -0.840. The maximum atomic E-state index is 5.55. The van der Waals surface area contributed by atoms with Crippen molar-refractivity contribution in [3.8, 4) is 0 Å². The van der Waals surface area contributed by atoms with Gasteiger partial charge in [-0.05, 0) is 50.5 Å². The summed E-state index contributed by atoms with van der Waals surface area (Å²) in [5, 5.41) is 0. The first-order valence-electron chi connectivity index (χ1n) is 10.4. The van der Waals surface area contributed by atoms with E-state index in [0.717, 1.165) is 16.3 Å². The molecule has 0 saturated heterocycles. The summed E-state index contributed by atoms with van der Waals surface area (Å²) in [6, 6.07) is 0.632. The molecule has 2 atom stereocenters. The topological polar surface area (TPSA) is 3.24 Å². The Balaban J connectivity index is 2.67. The summed E-state index contributed by atoms with van der Waals surface area (Å²) in [7, 11) is 4.67. The summed E-state index contributed by atoms with van der Waals surface area (Å²) >= 11 is 5.55. The smallest absolute Gasteiger partial charge is 0.161 e. The van der Waals surface area contributed by atoms with Crippen LogP contribution in [0.4, 0.5) is 0 Å². The molecule has 3 heteroatoms. The third-order valence-electron chi connectivity index (χ3n) is 5.98. The second-order valence-electron chi connectivity index (χ2n) is 8.87. The Hall–Kier alpha value is 0.01000. The number of quaternary nitrogens is 1. The largest absolute Gasteiger partial charge is 0.301 e. The molecule has 2 unspecified atom stereocenters. The average Bonchev–Trinajstić information content (AvgIpc) is 2.57. The Kier molecular flexibility index (Phi) is 10.7. The van der Waals surface area contributed by atoms with Gasteiger partial charge in [0.1, 0.15) is 6.04 Å². The van der Waals surface area contributed by atoms with E-state index in [-0.39, 0.29) is 0 Å². The van der Waals surface area contributed by atoms with Crippen molar-refractivity contribution in [3.63, 3.8) is 0 Å². The number of unbranched alkanes of at least 4 members (excludes halogenated alkanes) is 1. The van der Waals surface area contributed by atoms with E-state index in [1.54, 1.807) is 0 Å². The van der Waals surface area contributed by atoms with E-state index in [9.17, 15) is 0 Å². The van der Waals surface area contributed by atoms with Crippen LogP contribution in [0, 0.1) is 11.8 Å². The first-order chi connectivity index (χ1) is 11.4. The lowest BCUT2D eigenvalue weighted by Crippen LogP contribution is -2.56. The summed E-state index contributed by atoms with van der Waals surface area (Å²) in [5.41, 5.74) is 2.07. The van der Waals surface area contributed by atoms with E-state index in [0.29, 0.717) is 6.04 Å². The fourth-order valence-corrected chi connectivity index (χ4v) is 4.46. The standard InChI is InChI=1S/C21H43N2S/c1-6-7-14-22(4)17-21(16-19(2)3)23(5,18-24)15-13-20-11-9-8-10-12-20/h18-21H,6-17H2,1-5H3/q+1. The first-order valence-corrected chi connectivity index (χ1v) is 10.9. The van der Waals surface area contributed by atoms with Gasteiger partial charge in [-0.2, -0.15) is 0 Å². The van der Waals surface area contributed by atoms with Crippen LogP contribution in [0.3, 0.4) is 0 Å². The maximum Gasteiger partial charge on any atom is 0.161 e. The number of nitrogens with zero attached hydrogens (tertiary/aromatic N) is 2. The van der Waals surface area contributed by atoms with Crippen molar-refractivity contribution in [2.24, 2.45) is 11.8 Å². The zero-order chi connectivity index (χ0) is 18.0. The van der Waals surface area contributed by atoms with Gasteiger partial charge in [0, 0.05) is 6.42 Å². The van der Waals surface area contributed by atoms with E-state index in [1.165, 1.54) is 77.4 Å². The highest BCUT2D eigenvalue weighted by Crippen LogP contribution is 2.28. The molecule has 1 fully saturated rings. The lowest BCUT2D eigenvalue weighted by atomic mass is 9.86. The molecule has 0 amide bonds. The molecule has 24 heavy (non-hydrogen) atoms. The summed E-state index contributed by atoms with van der Waals surface area (Å²) in [4.78, 5) is 2.53. The van der Waals surface area contributed by atoms with Gasteiger partial charge >= 0.3 is 0 Å². The fourth-order valence-electron chi connectivity index (χ4n) is 4.18. The van der Waals surface area contributed by atoms with Gasteiger partial charge < -0.3 is 4.90 Å². The molecule has 0 spiro atoms. The van der Waals surface area contributed by atoms with Crippen molar-refractivity contribution in [3.05, 3.63) is 0 Å². The Morgan fingerprint density at radius 3 is 2.42 bits per heavy atom. The van der Waals surface area contributed by atoms with Crippen molar-refractivity contribution in [2.75, 3.05) is 33.7 Å². The third-order valence-corrected chi connectivity index (χ3v) is 6.46. The van der Waals surface area contributed by atoms with Crippen molar-refractivity contribution < 1.29 is 4.48 Å². The quantitative estimate of drug-likeness (QED) is 0.335. The summed E-state index contributed by atoms with van der Waals surface area (Å²) in [5.74, 6) is 1.68. The van der Waals surface area contributed by atoms with E-state index in [1.807, 2.05) is 0 Å². The minimum absolute atomic E-state index is 0.632. The fraction of sp³-hybridized carbons (Fsp3) is 0.952. The zero-order valence-electron chi connectivity index (χ0n) is 17.1. The summed E-state index contributed by atoms with van der Waals surface area (Å²) in [6.45, 7) is 10.6. The van der Waals surface area contributed by atoms with Gasteiger partial charge in [0.25, 0.3) is 0 Å². The Morgan fingerprint density at radius 1 is 1.21 bits per heavy atom. The normalized spacial score (nSPS) is 20.3. The van der Waals surface area contributed by atoms with Crippen LogP contribution in [-0.4, -0.2) is 54.6 Å². The van der Waals surface area contributed by atoms with Crippen LogP contribution in [0.15, 0.2) is 0 Å². The molecule has 0 bridgehead atoms. The van der Waals surface area contributed by atoms with E-state index in [2.05, 4.69) is 45.3 Å². The van der Waals surface area contributed by atoms with Crippen LogP contribution in [0.25, 0.3) is 0 Å². The molecule has 2 nitrogen and oxygen atoms in total. The first kappa shape index (κ1) is 22.1. The highest BCUT2D eigenvalue weighted by Gasteiger charge is 2.33. The van der Waals surface area contributed by atoms with Crippen LogP contribution in [0.2, 0.25) is 0 Å². The molecule has 142 valence electrons. The molecule has 1 saturated carbocycles. The Morgan fingerprint density at radius 2 is 1.88 bits per heavy atom. The minimum atomic E-state index is 0.632. The molecule has 0 aromatic carbocycles. The molecule has 1 aliphatic carbocycles. The van der Waals surface area contributed by atoms with Gasteiger partial charge in [-0.25, -0.2) is 0 Å². The van der Waals surface area contributed by atoms with E-state index < -0.39 is 0 Å². The van der Waals surface area contributed by atoms with Crippen molar-refractivity contribution >= 4 is 17.7 Å². The van der Waals surface area contributed by atoms with Crippen molar-refractivity contribution in [1.29, 1.82) is 0 Å². The molecule has 0 aliphatic heterocycles. The van der Waals surface area contributed by atoms with Gasteiger partial charge in [-0.15, -0.1) is 0 Å². The monoisotopic (exact) mass is 355 g/mol. The molecule has 0 radical (unpaired) electrons. The minimum Gasteiger partial charge on any atom is -0.301 e. The average molecular weight is 356 g/mol. The SMILES string of the molecule is CCCCN(C)CC(CC(C)C)[N+](C)(C=S)CCC1CCCCC1. The highest BCUT2D eigenvalue weighted by atomic mass is 32.1.